The fraction of sp³-hybridized carbons (Fsp3) is 0.292. The summed E-state index contributed by atoms with van der Waals surface area (Å²) in [5.41, 5.74) is 1.38. The molecular weight excluding hydrogens is 474 g/mol. The van der Waals surface area contributed by atoms with E-state index in [1.54, 1.807) is 42.5 Å². The van der Waals surface area contributed by atoms with Gasteiger partial charge in [-0.1, -0.05) is 67.6 Å². The molecule has 0 radical (unpaired) electrons. The Hall–Kier alpha value is -3.17. The third-order valence-electron chi connectivity index (χ3n) is 5.01. The Kier molecular flexibility index (Phi) is 8.84. The Labute approximate surface area is 207 Å². The van der Waals surface area contributed by atoms with Gasteiger partial charge in [-0.3, -0.25) is 14.9 Å². The molecule has 3 rings (SSSR count). The number of halogens is 1. The molecular formula is C24H26ClN5O3S. The minimum Gasteiger partial charge on any atom is -0.342 e. The van der Waals surface area contributed by atoms with Crippen LogP contribution in [0, 0.1) is 16.0 Å². The van der Waals surface area contributed by atoms with Crippen molar-refractivity contribution in [2.24, 2.45) is 5.92 Å². The number of nitrogens with one attached hydrogen (secondary N) is 1. The smallest absolute Gasteiger partial charge is 0.269 e. The lowest BCUT2D eigenvalue weighted by Gasteiger charge is -2.21. The number of benzene rings is 2. The van der Waals surface area contributed by atoms with E-state index in [2.05, 4.69) is 35.9 Å². The number of nitrogens with zero attached hydrogens (tertiary/aromatic N) is 4. The first-order chi connectivity index (χ1) is 16.3. The second-order valence-electron chi connectivity index (χ2n) is 8.09. The van der Waals surface area contributed by atoms with Gasteiger partial charge in [0.1, 0.15) is 0 Å². The third kappa shape index (κ3) is 6.45. The van der Waals surface area contributed by atoms with Gasteiger partial charge in [0.15, 0.2) is 11.0 Å². The highest BCUT2D eigenvalue weighted by atomic mass is 35.5. The average Bonchev–Trinajstić information content (AvgIpc) is 3.20. The standard InChI is InChI=1S/C24H26ClN5O3S/c1-4-13-29-22(21(14-16(2)3)26-23(31)19-7-5-6-8-20(19)25)27-28-24(29)34-15-17-9-11-18(12-10-17)30(32)33/h4-12,16,21H,1,13-15H2,2-3H3,(H,26,31). The highest BCUT2D eigenvalue weighted by Crippen LogP contribution is 2.28. The van der Waals surface area contributed by atoms with E-state index in [1.807, 2.05) is 4.57 Å². The molecule has 1 amide bonds. The summed E-state index contributed by atoms with van der Waals surface area (Å²) in [6, 6.07) is 13.0. The van der Waals surface area contributed by atoms with E-state index in [4.69, 9.17) is 11.6 Å². The van der Waals surface area contributed by atoms with E-state index in [1.165, 1.54) is 23.9 Å². The molecule has 1 aromatic heterocycles. The van der Waals surface area contributed by atoms with Crippen LogP contribution >= 0.6 is 23.4 Å². The maximum absolute atomic E-state index is 13.0. The summed E-state index contributed by atoms with van der Waals surface area (Å²) >= 11 is 7.69. The molecule has 0 aliphatic carbocycles. The number of nitro groups is 1. The number of hydrogen-bond acceptors (Lipinski definition) is 6. The molecule has 3 aromatic rings. The van der Waals surface area contributed by atoms with Crippen LogP contribution in [-0.4, -0.2) is 25.6 Å². The van der Waals surface area contributed by atoms with Crippen molar-refractivity contribution in [1.82, 2.24) is 20.1 Å². The molecule has 1 heterocycles. The summed E-state index contributed by atoms with van der Waals surface area (Å²) in [5, 5.41) is 23.8. The van der Waals surface area contributed by atoms with E-state index in [0.717, 1.165) is 5.56 Å². The van der Waals surface area contributed by atoms with Crippen LogP contribution < -0.4 is 5.32 Å². The predicted molar refractivity (Wildman–Crippen MR) is 134 cm³/mol. The normalized spacial score (nSPS) is 11.9. The van der Waals surface area contributed by atoms with Gasteiger partial charge in [-0.2, -0.15) is 0 Å². The monoisotopic (exact) mass is 499 g/mol. The molecule has 0 fully saturated rings. The van der Waals surface area contributed by atoms with Crippen molar-refractivity contribution >= 4 is 35.0 Å². The first kappa shape index (κ1) is 25.5. The van der Waals surface area contributed by atoms with Crippen LogP contribution in [0.5, 0.6) is 0 Å². The van der Waals surface area contributed by atoms with Crippen molar-refractivity contribution in [3.63, 3.8) is 0 Å². The maximum Gasteiger partial charge on any atom is 0.269 e. The molecule has 0 spiro atoms. The quantitative estimate of drug-likeness (QED) is 0.154. The number of non-ortho nitro benzene ring substituents is 1. The fourth-order valence-corrected chi connectivity index (χ4v) is 4.54. The van der Waals surface area contributed by atoms with Crippen molar-refractivity contribution in [2.45, 2.75) is 43.8 Å². The van der Waals surface area contributed by atoms with E-state index in [9.17, 15) is 14.9 Å². The second-order valence-corrected chi connectivity index (χ2v) is 9.44. The highest BCUT2D eigenvalue weighted by Gasteiger charge is 2.25. The Morgan fingerprint density at radius 2 is 1.94 bits per heavy atom. The molecule has 1 N–H and O–H groups in total. The number of carbonyl (C=O) groups is 1. The van der Waals surface area contributed by atoms with Gasteiger partial charge in [-0.15, -0.1) is 16.8 Å². The van der Waals surface area contributed by atoms with Gasteiger partial charge in [-0.25, -0.2) is 0 Å². The summed E-state index contributed by atoms with van der Waals surface area (Å²) < 4.78 is 1.93. The minimum atomic E-state index is -0.421. The Morgan fingerprint density at radius 3 is 2.56 bits per heavy atom. The van der Waals surface area contributed by atoms with Crippen LogP contribution in [0.2, 0.25) is 5.02 Å². The van der Waals surface area contributed by atoms with Gasteiger partial charge in [0.05, 0.1) is 21.6 Å². The lowest BCUT2D eigenvalue weighted by Crippen LogP contribution is -2.31. The Balaban J connectivity index is 1.83. The van der Waals surface area contributed by atoms with Crippen LogP contribution in [0.4, 0.5) is 5.69 Å². The minimum absolute atomic E-state index is 0.0525. The summed E-state index contributed by atoms with van der Waals surface area (Å²) in [6.45, 7) is 8.48. The Morgan fingerprint density at radius 1 is 1.24 bits per heavy atom. The van der Waals surface area contributed by atoms with Gasteiger partial charge in [0, 0.05) is 24.4 Å². The molecule has 1 unspecified atom stereocenters. The topological polar surface area (TPSA) is 103 Å². The van der Waals surface area contributed by atoms with Crippen molar-refractivity contribution in [3.8, 4) is 0 Å². The van der Waals surface area contributed by atoms with E-state index >= 15 is 0 Å². The number of aromatic nitrogens is 3. The first-order valence-corrected chi connectivity index (χ1v) is 12.1. The summed E-state index contributed by atoms with van der Waals surface area (Å²) in [6.07, 6.45) is 2.42. The third-order valence-corrected chi connectivity index (χ3v) is 6.38. The number of allylic oxidation sites excluding steroid dienone is 1. The van der Waals surface area contributed by atoms with Gasteiger partial charge in [0.2, 0.25) is 0 Å². The first-order valence-electron chi connectivity index (χ1n) is 10.8. The molecule has 178 valence electrons. The summed E-state index contributed by atoms with van der Waals surface area (Å²) in [5.74, 6) is 1.22. The maximum atomic E-state index is 13.0. The highest BCUT2D eigenvalue weighted by molar-refractivity contribution is 7.98. The fourth-order valence-electron chi connectivity index (χ4n) is 3.41. The molecule has 0 saturated carbocycles. The van der Waals surface area contributed by atoms with Gasteiger partial charge in [0.25, 0.3) is 11.6 Å². The van der Waals surface area contributed by atoms with Crippen LogP contribution in [0.3, 0.4) is 0 Å². The number of carbonyl (C=O) groups excluding carboxylic acids is 1. The zero-order valence-electron chi connectivity index (χ0n) is 19.0. The number of rotatable bonds is 11. The predicted octanol–water partition coefficient (Wildman–Crippen LogP) is 5.84. The number of hydrogen-bond donors (Lipinski definition) is 1. The molecule has 0 aliphatic heterocycles. The van der Waals surface area contributed by atoms with Crippen LogP contribution in [-0.2, 0) is 12.3 Å². The molecule has 2 aromatic carbocycles. The van der Waals surface area contributed by atoms with Crippen molar-refractivity contribution in [1.29, 1.82) is 0 Å². The van der Waals surface area contributed by atoms with Gasteiger partial charge in [-0.05, 0) is 30.0 Å². The van der Waals surface area contributed by atoms with E-state index in [0.29, 0.717) is 46.2 Å². The number of nitro benzene ring substituents is 1. The van der Waals surface area contributed by atoms with Crippen LogP contribution in [0.25, 0.3) is 0 Å². The Bertz CT molecular complexity index is 1160. The summed E-state index contributed by atoms with van der Waals surface area (Å²) in [4.78, 5) is 23.4. The summed E-state index contributed by atoms with van der Waals surface area (Å²) in [7, 11) is 0. The molecule has 0 aliphatic rings. The molecule has 8 nitrogen and oxygen atoms in total. The molecule has 10 heteroatoms. The lowest BCUT2D eigenvalue weighted by atomic mass is 10.0. The number of amides is 1. The van der Waals surface area contributed by atoms with E-state index < -0.39 is 4.92 Å². The number of thioether (sulfide) groups is 1. The molecule has 34 heavy (non-hydrogen) atoms. The molecule has 1 atom stereocenters. The van der Waals surface area contributed by atoms with Crippen molar-refractivity contribution in [2.75, 3.05) is 0 Å². The molecule has 0 bridgehead atoms. The largest absolute Gasteiger partial charge is 0.342 e. The second kappa shape index (κ2) is 11.8. The van der Waals surface area contributed by atoms with Crippen molar-refractivity contribution in [3.05, 3.63) is 93.3 Å². The lowest BCUT2D eigenvalue weighted by molar-refractivity contribution is -0.384. The van der Waals surface area contributed by atoms with Crippen LogP contribution in [0.1, 0.15) is 48.1 Å². The van der Waals surface area contributed by atoms with Crippen molar-refractivity contribution < 1.29 is 9.72 Å². The van der Waals surface area contributed by atoms with Gasteiger partial charge < -0.3 is 9.88 Å². The SMILES string of the molecule is C=CCn1c(SCc2ccc([N+](=O)[O-])cc2)nnc1C(CC(C)C)NC(=O)c1ccccc1Cl. The van der Waals surface area contributed by atoms with Crippen LogP contribution in [0.15, 0.2) is 66.3 Å². The zero-order valence-corrected chi connectivity index (χ0v) is 20.6. The van der Waals surface area contributed by atoms with Gasteiger partial charge >= 0.3 is 0 Å². The molecule has 0 saturated heterocycles. The average molecular weight is 500 g/mol. The zero-order chi connectivity index (χ0) is 24.7. The van der Waals surface area contributed by atoms with E-state index in [-0.39, 0.29) is 17.6 Å².